The third-order valence-electron chi connectivity index (χ3n) is 2.85. The molecule has 0 atom stereocenters. The summed E-state index contributed by atoms with van der Waals surface area (Å²) in [6, 6.07) is 10.1. The summed E-state index contributed by atoms with van der Waals surface area (Å²) < 4.78 is 14.8. The first kappa shape index (κ1) is 11.2. The van der Waals surface area contributed by atoms with Crippen LogP contribution in [0.5, 0.6) is 0 Å². The molecule has 0 unspecified atom stereocenters. The highest BCUT2D eigenvalue weighted by Gasteiger charge is 2.05. The minimum absolute atomic E-state index is 0.224. The lowest BCUT2D eigenvalue weighted by molar-refractivity contribution is 0.627. The summed E-state index contributed by atoms with van der Waals surface area (Å²) in [6.07, 6.45) is 4.34. The number of pyridine rings is 1. The second-order valence-electron chi connectivity index (χ2n) is 4.12. The van der Waals surface area contributed by atoms with Gasteiger partial charge in [0, 0.05) is 17.6 Å². The standard InChI is InChI=1S/C14H10ClFN2/c15-11-5-6-18-13(8-11)9-17-14(18)7-10-1-3-12(16)4-2-10/h1-6,8-9H,7H2. The number of halogens is 2. The number of nitrogens with zero attached hydrogens (tertiary/aromatic N) is 2. The van der Waals surface area contributed by atoms with Crippen LogP contribution in [0, 0.1) is 5.82 Å². The van der Waals surface area contributed by atoms with Crippen molar-refractivity contribution in [2.45, 2.75) is 6.42 Å². The summed E-state index contributed by atoms with van der Waals surface area (Å²) in [4.78, 5) is 4.36. The van der Waals surface area contributed by atoms with Crippen LogP contribution in [0.25, 0.3) is 5.52 Å². The van der Waals surface area contributed by atoms with Gasteiger partial charge in [-0.15, -0.1) is 0 Å². The van der Waals surface area contributed by atoms with Crippen molar-refractivity contribution in [1.82, 2.24) is 9.38 Å². The average Bonchev–Trinajstić information content (AvgIpc) is 2.74. The summed E-state index contributed by atoms with van der Waals surface area (Å²) in [6.45, 7) is 0. The molecule has 2 aromatic heterocycles. The van der Waals surface area contributed by atoms with Gasteiger partial charge >= 0.3 is 0 Å². The second kappa shape index (κ2) is 4.42. The Morgan fingerprint density at radius 2 is 1.94 bits per heavy atom. The quantitative estimate of drug-likeness (QED) is 0.686. The molecule has 0 spiro atoms. The third kappa shape index (κ3) is 2.09. The van der Waals surface area contributed by atoms with E-state index in [4.69, 9.17) is 11.6 Å². The SMILES string of the molecule is Fc1ccc(Cc2ncc3cc(Cl)ccn23)cc1. The molecule has 0 bridgehead atoms. The van der Waals surface area contributed by atoms with Gasteiger partial charge in [0.1, 0.15) is 11.6 Å². The molecule has 0 aliphatic heterocycles. The molecule has 0 aliphatic rings. The van der Waals surface area contributed by atoms with E-state index in [-0.39, 0.29) is 5.82 Å². The van der Waals surface area contributed by atoms with Gasteiger partial charge in [-0.05, 0) is 29.8 Å². The number of benzene rings is 1. The highest BCUT2D eigenvalue weighted by atomic mass is 35.5. The zero-order chi connectivity index (χ0) is 12.5. The summed E-state index contributed by atoms with van der Waals surface area (Å²) >= 11 is 5.92. The van der Waals surface area contributed by atoms with Crippen molar-refractivity contribution in [3.8, 4) is 0 Å². The number of aromatic nitrogens is 2. The molecule has 18 heavy (non-hydrogen) atoms. The van der Waals surface area contributed by atoms with Gasteiger partial charge in [-0.3, -0.25) is 0 Å². The Kier molecular flexibility index (Phi) is 2.76. The minimum atomic E-state index is -0.224. The predicted octanol–water partition coefficient (Wildman–Crippen LogP) is 3.72. The van der Waals surface area contributed by atoms with Gasteiger partial charge in [-0.25, -0.2) is 9.37 Å². The van der Waals surface area contributed by atoms with Crippen LogP contribution in [0.2, 0.25) is 5.02 Å². The Hall–Kier alpha value is -1.87. The zero-order valence-corrected chi connectivity index (χ0v) is 10.2. The van der Waals surface area contributed by atoms with Crippen molar-refractivity contribution in [1.29, 1.82) is 0 Å². The van der Waals surface area contributed by atoms with E-state index in [2.05, 4.69) is 4.98 Å². The van der Waals surface area contributed by atoms with Crippen LogP contribution in [0.1, 0.15) is 11.4 Å². The molecule has 2 nitrogen and oxygen atoms in total. The van der Waals surface area contributed by atoms with E-state index < -0.39 is 0 Å². The minimum Gasteiger partial charge on any atom is -0.303 e. The van der Waals surface area contributed by atoms with Crippen LogP contribution in [0.4, 0.5) is 4.39 Å². The van der Waals surface area contributed by atoms with Crippen LogP contribution in [0.15, 0.2) is 48.8 Å². The summed E-state index contributed by atoms with van der Waals surface area (Å²) in [5.74, 6) is 0.687. The molecular weight excluding hydrogens is 251 g/mol. The first-order valence-corrected chi connectivity index (χ1v) is 5.96. The molecule has 0 N–H and O–H groups in total. The van der Waals surface area contributed by atoms with Gasteiger partial charge < -0.3 is 4.40 Å². The van der Waals surface area contributed by atoms with Crippen LogP contribution < -0.4 is 0 Å². The van der Waals surface area contributed by atoms with E-state index in [0.29, 0.717) is 11.4 Å². The van der Waals surface area contributed by atoms with Crippen LogP contribution in [0.3, 0.4) is 0 Å². The van der Waals surface area contributed by atoms with Crippen LogP contribution in [-0.2, 0) is 6.42 Å². The predicted molar refractivity (Wildman–Crippen MR) is 69.4 cm³/mol. The normalized spacial score (nSPS) is 11.0. The molecule has 3 rings (SSSR count). The molecule has 4 heteroatoms. The molecule has 0 aliphatic carbocycles. The smallest absolute Gasteiger partial charge is 0.123 e. The van der Waals surface area contributed by atoms with Gasteiger partial charge in [0.15, 0.2) is 0 Å². The van der Waals surface area contributed by atoms with Crippen molar-refractivity contribution in [3.63, 3.8) is 0 Å². The molecule has 0 radical (unpaired) electrons. The van der Waals surface area contributed by atoms with Gasteiger partial charge in [0.05, 0.1) is 11.7 Å². The summed E-state index contributed by atoms with van der Waals surface area (Å²) in [7, 11) is 0. The van der Waals surface area contributed by atoms with Crippen LogP contribution in [-0.4, -0.2) is 9.38 Å². The molecular formula is C14H10ClFN2. The van der Waals surface area contributed by atoms with E-state index in [0.717, 1.165) is 16.9 Å². The fourth-order valence-electron chi connectivity index (χ4n) is 1.94. The molecule has 3 aromatic rings. The lowest BCUT2D eigenvalue weighted by Crippen LogP contribution is -1.96. The van der Waals surface area contributed by atoms with E-state index in [1.807, 2.05) is 22.7 Å². The third-order valence-corrected chi connectivity index (χ3v) is 3.08. The molecule has 0 amide bonds. The molecule has 0 saturated carbocycles. The number of rotatable bonds is 2. The second-order valence-corrected chi connectivity index (χ2v) is 4.55. The molecule has 1 aromatic carbocycles. The van der Waals surface area contributed by atoms with Gasteiger partial charge in [-0.2, -0.15) is 0 Å². The maximum absolute atomic E-state index is 12.8. The first-order chi connectivity index (χ1) is 8.72. The van der Waals surface area contributed by atoms with Crippen molar-refractivity contribution in [2.24, 2.45) is 0 Å². The fraction of sp³-hybridized carbons (Fsp3) is 0.0714. The van der Waals surface area contributed by atoms with Crippen molar-refractivity contribution >= 4 is 17.1 Å². The average molecular weight is 261 g/mol. The summed E-state index contributed by atoms with van der Waals surface area (Å²) in [5, 5.41) is 0.690. The maximum atomic E-state index is 12.8. The fourth-order valence-corrected chi connectivity index (χ4v) is 2.11. The van der Waals surface area contributed by atoms with E-state index in [1.165, 1.54) is 12.1 Å². The highest BCUT2D eigenvalue weighted by molar-refractivity contribution is 6.30. The Balaban J connectivity index is 1.97. The zero-order valence-electron chi connectivity index (χ0n) is 9.48. The van der Waals surface area contributed by atoms with Crippen LogP contribution >= 0.6 is 11.6 Å². The van der Waals surface area contributed by atoms with Crippen molar-refractivity contribution < 1.29 is 4.39 Å². The van der Waals surface area contributed by atoms with E-state index >= 15 is 0 Å². The van der Waals surface area contributed by atoms with Gasteiger partial charge in [0.2, 0.25) is 0 Å². The molecule has 2 heterocycles. The lowest BCUT2D eigenvalue weighted by atomic mass is 10.1. The number of imidazole rings is 1. The topological polar surface area (TPSA) is 17.3 Å². The van der Waals surface area contributed by atoms with E-state index in [1.54, 1.807) is 18.3 Å². The maximum Gasteiger partial charge on any atom is 0.123 e. The number of hydrogen-bond acceptors (Lipinski definition) is 1. The van der Waals surface area contributed by atoms with E-state index in [9.17, 15) is 4.39 Å². The number of hydrogen-bond donors (Lipinski definition) is 0. The monoisotopic (exact) mass is 260 g/mol. The van der Waals surface area contributed by atoms with Crippen molar-refractivity contribution in [3.05, 3.63) is 71.0 Å². The first-order valence-electron chi connectivity index (χ1n) is 5.58. The van der Waals surface area contributed by atoms with Gasteiger partial charge in [-0.1, -0.05) is 23.7 Å². The molecule has 90 valence electrons. The Morgan fingerprint density at radius 3 is 2.72 bits per heavy atom. The van der Waals surface area contributed by atoms with Gasteiger partial charge in [0.25, 0.3) is 0 Å². The Morgan fingerprint density at radius 1 is 1.17 bits per heavy atom. The summed E-state index contributed by atoms with van der Waals surface area (Å²) in [5.41, 5.74) is 1.98. The Bertz CT molecular complexity index is 689. The Labute approximate surface area is 109 Å². The molecule has 0 fully saturated rings. The number of fused-ring (bicyclic) bond motifs is 1. The van der Waals surface area contributed by atoms with Crippen molar-refractivity contribution in [2.75, 3.05) is 0 Å². The largest absolute Gasteiger partial charge is 0.303 e. The molecule has 0 saturated heterocycles. The lowest BCUT2D eigenvalue weighted by Gasteiger charge is -2.02. The highest BCUT2D eigenvalue weighted by Crippen LogP contribution is 2.16.